The second-order valence-electron chi connectivity index (χ2n) is 5.63. The molecule has 140 valence electrons. The summed E-state index contributed by atoms with van der Waals surface area (Å²) < 4.78 is 18.8. The molecule has 0 aliphatic rings. The van der Waals surface area contributed by atoms with Crippen LogP contribution in [0.15, 0.2) is 84.0 Å². The van der Waals surface area contributed by atoms with Crippen molar-refractivity contribution in [3.63, 3.8) is 0 Å². The number of nitrogens with one attached hydrogen (secondary N) is 2. The largest absolute Gasteiger partial charge is 0.423 e. The molecule has 0 spiro atoms. The van der Waals surface area contributed by atoms with Crippen molar-refractivity contribution in [3.8, 4) is 5.75 Å². The summed E-state index contributed by atoms with van der Waals surface area (Å²) in [4.78, 5) is 12.0. The van der Waals surface area contributed by atoms with E-state index in [1.165, 1.54) is 18.2 Å². The molecular formula is C21H16FN3O2S. The maximum absolute atomic E-state index is 13.6. The van der Waals surface area contributed by atoms with Crippen LogP contribution in [0.5, 0.6) is 5.75 Å². The van der Waals surface area contributed by atoms with Crippen molar-refractivity contribution in [2.45, 2.75) is 0 Å². The zero-order valence-electron chi connectivity index (χ0n) is 14.6. The second-order valence-corrected chi connectivity index (χ2v) is 6.04. The van der Waals surface area contributed by atoms with E-state index in [-0.39, 0.29) is 5.56 Å². The highest BCUT2D eigenvalue weighted by molar-refractivity contribution is 7.80. The topological polar surface area (TPSA) is 62.7 Å². The molecule has 3 rings (SSSR count). The molecule has 0 unspecified atom stereocenters. The minimum Gasteiger partial charge on any atom is -0.423 e. The molecule has 0 saturated carbocycles. The minimum atomic E-state index is -0.751. The summed E-state index contributed by atoms with van der Waals surface area (Å²) in [5, 5.41) is 7.41. The number of hydrogen-bond acceptors (Lipinski definition) is 4. The molecule has 0 bridgehead atoms. The number of hydrazone groups is 1. The van der Waals surface area contributed by atoms with Gasteiger partial charge in [0, 0.05) is 5.69 Å². The van der Waals surface area contributed by atoms with E-state index < -0.39 is 11.8 Å². The molecule has 7 heteroatoms. The molecule has 0 radical (unpaired) electrons. The Balaban J connectivity index is 1.52. The van der Waals surface area contributed by atoms with Gasteiger partial charge in [-0.25, -0.2) is 9.18 Å². The Morgan fingerprint density at radius 2 is 1.64 bits per heavy atom. The molecular weight excluding hydrogens is 377 g/mol. The number of thiocarbonyl (C=S) groups is 1. The van der Waals surface area contributed by atoms with Gasteiger partial charge in [-0.2, -0.15) is 5.10 Å². The van der Waals surface area contributed by atoms with Crippen LogP contribution in [-0.2, 0) is 0 Å². The van der Waals surface area contributed by atoms with E-state index in [9.17, 15) is 9.18 Å². The monoisotopic (exact) mass is 393 g/mol. The molecule has 0 atom stereocenters. The van der Waals surface area contributed by atoms with Gasteiger partial charge in [-0.1, -0.05) is 30.3 Å². The summed E-state index contributed by atoms with van der Waals surface area (Å²) in [5.41, 5.74) is 4.22. The van der Waals surface area contributed by atoms with Gasteiger partial charge in [0.15, 0.2) is 5.11 Å². The SMILES string of the molecule is O=C(Oc1ccc(/C=N\NC(=S)Nc2ccccc2)cc1)c1ccccc1F. The highest BCUT2D eigenvalue weighted by Gasteiger charge is 2.13. The Bertz CT molecular complexity index is 992. The average Bonchev–Trinajstić information content (AvgIpc) is 2.70. The summed E-state index contributed by atoms with van der Waals surface area (Å²) >= 11 is 5.15. The molecule has 28 heavy (non-hydrogen) atoms. The third-order valence-electron chi connectivity index (χ3n) is 3.60. The van der Waals surface area contributed by atoms with Gasteiger partial charge in [-0.05, 0) is 66.3 Å². The van der Waals surface area contributed by atoms with Gasteiger partial charge in [0.1, 0.15) is 11.6 Å². The molecule has 0 aliphatic heterocycles. The normalized spacial score (nSPS) is 10.5. The van der Waals surface area contributed by atoms with E-state index in [4.69, 9.17) is 17.0 Å². The highest BCUT2D eigenvalue weighted by atomic mass is 32.1. The Kier molecular flexibility index (Phi) is 6.43. The first-order valence-electron chi connectivity index (χ1n) is 8.34. The van der Waals surface area contributed by atoms with Gasteiger partial charge in [-0.15, -0.1) is 0 Å². The van der Waals surface area contributed by atoms with Crippen LogP contribution >= 0.6 is 12.2 Å². The number of benzene rings is 3. The van der Waals surface area contributed by atoms with Gasteiger partial charge in [0.25, 0.3) is 0 Å². The predicted octanol–water partition coefficient (Wildman–Crippen LogP) is 4.37. The van der Waals surface area contributed by atoms with E-state index in [0.29, 0.717) is 10.9 Å². The molecule has 3 aromatic carbocycles. The molecule has 0 aliphatic carbocycles. The first kappa shape index (κ1) is 19.2. The van der Waals surface area contributed by atoms with Crippen molar-refractivity contribution in [3.05, 3.63) is 95.8 Å². The average molecular weight is 393 g/mol. The number of carbonyl (C=O) groups excluding carboxylic acids is 1. The van der Waals surface area contributed by atoms with E-state index >= 15 is 0 Å². The fraction of sp³-hybridized carbons (Fsp3) is 0. The molecule has 0 aromatic heterocycles. The molecule has 0 heterocycles. The van der Waals surface area contributed by atoms with Crippen LogP contribution < -0.4 is 15.5 Å². The van der Waals surface area contributed by atoms with Crippen LogP contribution in [0, 0.1) is 5.82 Å². The van der Waals surface area contributed by atoms with Crippen molar-refractivity contribution in [2.75, 3.05) is 5.32 Å². The molecule has 5 nitrogen and oxygen atoms in total. The summed E-state index contributed by atoms with van der Waals surface area (Å²) in [6.07, 6.45) is 1.57. The van der Waals surface area contributed by atoms with E-state index in [1.807, 2.05) is 30.3 Å². The van der Waals surface area contributed by atoms with Crippen LogP contribution in [0.4, 0.5) is 10.1 Å². The van der Waals surface area contributed by atoms with E-state index in [1.54, 1.807) is 36.5 Å². The quantitative estimate of drug-likeness (QED) is 0.222. The van der Waals surface area contributed by atoms with Crippen LogP contribution in [0.1, 0.15) is 15.9 Å². The highest BCUT2D eigenvalue weighted by Crippen LogP contribution is 2.15. The van der Waals surface area contributed by atoms with Crippen molar-refractivity contribution >= 4 is 35.2 Å². The molecule has 0 amide bonds. The van der Waals surface area contributed by atoms with Gasteiger partial charge >= 0.3 is 5.97 Å². The Morgan fingerprint density at radius 3 is 2.36 bits per heavy atom. The summed E-state index contributed by atoms with van der Waals surface area (Å²) in [6.45, 7) is 0. The number of carbonyl (C=O) groups is 1. The number of rotatable bonds is 5. The van der Waals surface area contributed by atoms with Crippen LogP contribution in [0.2, 0.25) is 0 Å². The zero-order valence-corrected chi connectivity index (χ0v) is 15.4. The number of halogens is 1. The fourth-order valence-electron chi connectivity index (χ4n) is 2.26. The number of hydrogen-bond donors (Lipinski definition) is 2. The van der Waals surface area contributed by atoms with Crippen LogP contribution in [-0.4, -0.2) is 17.3 Å². The summed E-state index contributed by atoms with van der Waals surface area (Å²) in [7, 11) is 0. The molecule has 3 aromatic rings. The lowest BCUT2D eigenvalue weighted by molar-refractivity contribution is 0.0730. The predicted molar refractivity (Wildman–Crippen MR) is 111 cm³/mol. The van der Waals surface area contributed by atoms with Gasteiger partial charge in [0.2, 0.25) is 0 Å². The number of esters is 1. The van der Waals surface area contributed by atoms with Crippen molar-refractivity contribution in [1.82, 2.24) is 5.43 Å². The standard InChI is InChI=1S/C21H16FN3O2S/c22-19-9-5-4-8-18(19)20(26)27-17-12-10-15(11-13-17)14-23-25-21(28)24-16-6-2-1-3-7-16/h1-14H,(H2,24,25,28)/b23-14-. The zero-order chi connectivity index (χ0) is 19.8. The van der Waals surface area contributed by atoms with Crippen molar-refractivity contribution in [2.24, 2.45) is 5.10 Å². The van der Waals surface area contributed by atoms with Crippen LogP contribution in [0.25, 0.3) is 0 Å². The smallest absolute Gasteiger partial charge is 0.346 e. The number of anilines is 1. The Labute approximate surface area is 166 Å². The lowest BCUT2D eigenvalue weighted by Gasteiger charge is -2.06. The molecule has 0 saturated heterocycles. The first-order valence-corrected chi connectivity index (χ1v) is 8.74. The first-order chi connectivity index (χ1) is 13.6. The number of nitrogens with zero attached hydrogens (tertiary/aromatic N) is 1. The second kappa shape index (κ2) is 9.38. The summed E-state index contributed by atoms with van der Waals surface area (Å²) in [6, 6.07) is 21.8. The number of para-hydroxylation sites is 1. The van der Waals surface area contributed by atoms with Gasteiger partial charge in [0.05, 0.1) is 11.8 Å². The fourth-order valence-corrected chi connectivity index (χ4v) is 2.43. The third-order valence-corrected chi connectivity index (χ3v) is 3.79. The number of ether oxygens (including phenoxy) is 1. The lowest BCUT2D eigenvalue weighted by Crippen LogP contribution is -2.23. The van der Waals surface area contributed by atoms with E-state index in [2.05, 4.69) is 15.8 Å². The molecule has 0 fully saturated rings. The van der Waals surface area contributed by atoms with Crippen molar-refractivity contribution in [1.29, 1.82) is 0 Å². The lowest BCUT2D eigenvalue weighted by atomic mass is 10.2. The Hall–Kier alpha value is -3.58. The van der Waals surface area contributed by atoms with E-state index in [0.717, 1.165) is 11.3 Å². The maximum atomic E-state index is 13.6. The minimum absolute atomic E-state index is 0.114. The maximum Gasteiger partial charge on any atom is 0.346 e. The van der Waals surface area contributed by atoms with Gasteiger partial charge in [-0.3, -0.25) is 5.43 Å². The third kappa shape index (κ3) is 5.46. The Morgan fingerprint density at radius 1 is 0.964 bits per heavy atom. The molecule has 2 N–H and O–H groups in total. The van der Waals surface area contributed by atoms with Crippen LogP contribution in [0.3, 0.4) is 0 Å². The summed E-state index contributed by atoms with van der Waals surface area (Å²) in [5.74, 6) is -1.07. The van der Waals surface area contributed by atoms with Gasteiger partial charge < -0.3 is 10.1 Å². The van der Waals surface area contributed by atoms with Crippen molar-refractivity contribution < 1.29 is 13.9 Å².